The molecule has 1 aliphatic rings. The molecule has 1 aromatic heterocycles. The van der Waals surface area contributed by atoms with Crippen molar-refractivity contribution < 1.29 is 4.74 Å². The second kappa shape index (κ2) is 5.14. The summed E-state index contributed by atoms with van der Waals surface area (Å²) in [5.41, 5.74) is 0. The molecule has 1 fully saturated rings. The Labute approximate surface area is 105 Å². The first-order valence-corrected chi connectivity index (χ1v) is 6.72. The van der Waals surface area contributed by atoms with E-state index in [0.717, 1.165) is 28.6 Å². The Bertz CT molecular complexity index is 304. The normalized spacial score (nSPS) is 31.2. The van der Waals surface area contributed by atoms with Gasteiger partial charge in [0.2, 0.25) is 5.88 Å². The van der Waals surface area contributed by atoms with Crippen LogP contribution in [0, 0.1) is 5.92 Å². The van der Waals surface area contributed by atoms with Crippen molar-refractivity contribution in [1.82, 2.24) is 4.98 Å². The lowest BCUT2D eigenvalue weighted by Gasteiger charge is -2.30. The summed E-state index contributed by atoms with van der Waals surface area (Å²) in [5.74, 6) is 1.59. The molecule has 1 unspecified atom stereocenters. The van der Waals surface area contributed by atoms with E-state index < -0.39 is 0 Å². The van der Waals surface area contributed by atoms with Gasteiger partial charge in [-0.3, -0.25) is 0 Å². The topological polar surface area (TPSA) is 22.1 Å². The molecule has 0 amide bonds. The number of aromatic nitrogens is 1. The molecule has 1 aliphatic carbocycles. The van der Waals surface area contributed by atoms with Crippen LogP contribution in [0.15, 0.2) is 24.4 Å². The zero-order valence-corrected chi connectivity index (χ0v) is 11.1. The SMILES string of the molecule is C[C@H]1CC[C@H](Oc2ccccn2)CC1I. The van der Waals surface area contributed by atoms with Gasteiger partial charge in [-0.15, -0.1) is 0 Å². The standard InChI is InChI=1S/C12H16INO/c1-9-5-6-10(8-11(9)13)15-12-4-2-3-7-14-12/h2-4,7,9-11H,5-6,8H2,1H3/t9-,10-,11?/m0/s1. The lowest BCUT2D eigenvalue weighted by molar-refractivity contribution is 0.137. The molecule has 1 heterocycles. The monoisotopic (exact) mass is 317 g/mol. The predicted molar refractivity (Wildman–Crippen MR) is 69.5 cm³/mol. The van der Waals surface area contributed by atoms with Crippen LogP contribution in [0.2, 0.25) is 0 Å². The van der Waals surface area contributed by atoms with Gasteiger partial charge in [-0.2, -0.15) is 0 Å². The first-order valence-electron chi connectivity index (χ1n) is 5.47. The zero-order valence-electron chi connectivity index (χ0n) is 8.90. The van der Waals surface area contributed by atoms with Gasteiger partial charge in [0.1, 0.15) is 6.10 Å². The summed E-state index contributed by atoms with van der Waals surface area (Å²) in [4.78, 5) is 4.19. The number of rotatable bonds is 2. The van der Waals surface area contributed by atoms with Crippen LogP contribution in [0.5, 0.6) is 5.88 Å². The van der Waals surface area contributed by atoms with Crippen molar-refractivity contribution in [3.8, 4) is 5.88 Å². The van der Waals surface area contributed by atoms with E-state index >= 15 is 0 Å². The van der Waals surface area contributed by atoms with Crippen LogP contribution in [0.3, 0.4) is 0 Å². The van der Waals surface area contributed by atoms with E-state index in [1.54, 1.807) is 6.20 Å². The Morgan fingerprint density at radius 3 is 2.93 bits per heavy atom. The Balaban J connectivity index is 1.91. The van der Waals surface area contributed by atoms with Gasteiger partial charge in [-0.25, -0.2) is 4.98 Å². The van der Waals surface area contributed by atoms with E-state index in [2.05, 4.69) is 34.5 Å². The van der Waals surface area contributed by atoms with Crippen molar-refractivity contribution in [1.29, 1.82) is 0 Å². The minimum absolute atomic E-state index is 0.359. The van der Waals surface area contributed by atoms with Crippen molar-refractivity contribution in [2.45, 2.75) is 36.2 Å². The van der Waals surface area contributed by atoms with Crippen LogP contribution in [-0.4, -0.2) is 15.0 Å². The molecule has 0 aliphatic heterocycles. The van der Waals surface area contributed by atoms with Gasteiger partial charge in [0.05, 0.1) is 0 Å². The summed E-state index contributed by atoms with van der Waals surface area (Å²) >= 11 is 2.54. The van der Waals surface area contributed by atoms with Gasteiger partial charge in [-0.1, -0.05) is 35.6 Å². The van der Waals surface area contributed by atoms with Gasteiger partial charge in [-0.05, 0) is 31.2 Å². The fourth-order valence-electron chi connectivity index (χ4n) is 1.93. The maximum absolute atomic E-state index is 5.86. The number of nitrogens with zero attached hydrogens (tertiary/aromatic N) is 1. The highest BCUT2D eigenvalue weighted by molar-refractivity contribution is 14.1. The highest BCUT2D eigenvalue weighted by Crippen LogP contribution is 2.31. The molecule has 82 valence electrons. The van der Waals surface area contributed by atoms with E-state index in [1.807, 2.05) is 18.2 Å². The predicted octanol–water partition coefficient (Wildman–Crippen LogP) is 3.45. The maximum Gasteiger partial charge on any atom is 0.213 e. The largest absolute Gasteiger partial charge is 0.474 e. The van der Waals surface area contributed by atoms with E-state index in [1.165, 1.54) is 6.42 Å². The third-order valence-electron chi connectivity index (χ3n) is 2.97. The number of hydrogen-bond acceptors (Lipinski definition) is 2. The number of hydrogen-bond donors (Lipinski definition) is 0. The van der Waals surface area contributed by atoms with Crippen LogP contribution in [0.1, 0.15) is 26.2 Å². The molecule has 3 heteroatoms. The van der Waals surface area contributed by atoms with Gasteiger partial charge in [0, 0.05) is 16.2 Å². The molecular formula is C12H16INO. The first-order chi connectivity index (χ1) is 7.25. The highest BCUT2D eigenvalue weighted by atomic mass is 127. The molecule has 2 rings (SSSR count). The molecule has 0 radical (unpaired) electrons. The minimum atomic E-state index is 0.359. The van der Waals surface area contributed by atoms with Gasteiger partial charge in [0.25, 0.3) is 0 Å². The molecule has 0 bridgehead atoms. The fraction of sp³-hybridized carbons (Fsp3) is 0.583. The van der Waals surface area contributed by atoms with Gasteiger partial charge >= 0.3 is 0 Å². The average Bonchev–Trinajstić information content (AvgIpc) is 2.25. The molecule has 2 nitrogen and oxygen atoms in total. The van der Waals surface area contributed by atoms with Crippen molar-refractivity contribution in [3.05, 3.63) is 24.4 Å². The summed E-state index contributed by atoms with van der Waals surface area (Å²) in [7, 11) is 0. The van der Waals surface area contributed by atoms with Crippen LogP contribution in [0.4, 0.5) is 0 Å². The maximum atomic E-state index is 5.86. The fourth-order valence-corrected chi connectivity index (χ4v) is 2.85. The van der Waals surface area contributed by atoms with Gasteiger partial charge < -0.3 is 4.74 Å². The summed E-state index contributed by atoms with van der Waals surface area (Å²) in [5, 5.41) is 0. The molecule has 0 N–H and O–H groups in total. The molecule has 0 spiro atoms. The van der Waals surface area contributed by atoms with E-state index in [4.69, 9.17) is 4.74 Å². The summed E-state index contributed by atoms with van der Waals surface area (Å²) in [6.07, 6.45) is 5.72. The number of halogens is 1. The third-order valence-corrected chi connectivity index (χ3v) is 4.71. The average molecular weight is 317 g/mol. The molecule has 3 atom stereocenters. The van der Waals surface area contributed by atoms with Crippen molar-refractivity contribution in [3.63, 3.8) is 0 Å². The van der Waals surface area contributed by atoms with Crippen LogP contribution in [-0.2, 0) is 0 Å². The molecule has 0 aromatic carbocycles. The second-order valence-electron chi connectivity index (χ2n) is 4.21. The third kappa shape index (κ3) is 3.06. The van der Waals surface area contributed by atoms with Crippen molar-refractivity contribution >= 4 is 22.6 Å². The molecular weight excluding hydrogens is 301 g/mol. The van der Waals surface area contributed by atoms with Crippen LogP contribution in [0.25, 0.3) is 0 Å². The number of pyridine rings is 1. The molecule has 1 saturated carbocycles. The minimum Gasteiger partial charge on any atom is -0.474 e. The van der Waals surface area contributed by atoms with E-state index in [-0.39, 0.29) is 0 Å². The van der Waals surface area contributed by atoms with E-state index in [0.29, 0.717) is 6.10 Å². The van der Waals surface area contributed by atoms with Crippen LogP contribution < -0.4 is 4.74 Å². The lowest BCUT2D eigenvalue weighted by atomic mass is 9.89. The van der Waals surface area contributed by atoms with E-state index in [9.17, 15) is 0 Å². The zero-order chi connectivity index (χ0) is 10.7. The quantitative estimate of drug-likeness (QED) is 0.616. The molecule has 0 saturated heterocycles. The Hall–Kier alpha value is -0.320. The highest BCUT2D eigenvalue weighted by Gasteiger charge is 2.26. The summed E-state index contributed by atoms with van der Waals surface area (Å²) in [6, 6.07) is 5.81. The summed E-state index contributed by atoms with van der Waals surface area (Å²) in [6.45, 7) is 2.33. The number of ether oxygens (including phenoxy) is 1. The second-order valence-corrected chi connectivity index (χ2v) is 5.81. The lowest BCUT2D eigenvalue weighted by Crippen LogP contribution is -2.30. The Morgan fingerprint density at radius 2 is 2.27 bits per heavy atom. The Morgan fingerprint density at radius 1 is 1.40 bits per heavy atom. The van der Waals surface area contributed by atoms with Gasteiger partial charge in [0.15, 0.2) is 0 Å². The first kappa shape index (κ1) is 11.2. The van der Waals surface area contributed by atoms with Crippen molar-refractivity contribution in [2.24, 2.45) is 5.92 Å². The Kier molecular flexibility index (Phi) is 3.83. The molecule has 1 aromatic rings. The summed E-state index contributed by atoms with van der Waals surface area (Å²) < 4.78 is 6.60. The van der Waals surface area contributed by atoms with Crippen LogP contribution >= 0.6 is 22.6 Å². The molecule has 15 heavy (non-hydrogen) atoms. The smallest absolute Gasteiger partial charge is 0.213 e. The van der Waals surface area contributed by atoms with Crippen molar-refractivity contribution in [2.75, 3.05) is 0 Å². The number of alkyl halides is 1.